The van der Waals surface area contributed by atoms with Crippen molar-refractivity contribution in [1.82, 2.24) is 14.9 Å². The van der Waals surface area contributed by atoms with Crippen LogP contribution in [-0.4, -0.2) is 44.9 Å². The summed E-state index contributed by atoms with van der Waals surface area (Å²) in [6, 6.07) is 3.47. The lowest BCUT2D eigenvalue weighted by Crippen LogP contribution is -2.26. The molecule has 3 rings (SSSR count). The van der Waals surface area contributed by atoms with Gasteiger partial charge in [0, 0.05) is 31.8 Å². The lowest BCUT2D eigenvalue weighted by Gasteiger charge is -2.13. The van der Waals surface area contributed by atoms with E-state index in [9.17, 15) is 19.1 Å². The molecule has 1 saturated heterocycles. The predicted molar refractivity (Wildman–Crippen MR) is 88.5 cm³/mol. The Labute approximate surface area is 144 Å². The van der Waals surface area contributed by atoms with Crippen LogP contribution in [-0.2, 0) is 11.2 Å². The number of benzene rings is 1. The Morgan fingerprint density at radius 3 is 2.72 bits per heavy atom. The van der Waals surface area contributed by atoms with Gasteiger partial charge in [0.25, 0.3) is 0 Å². The summed E-state index contributed by atoms with van der Waals surface area (Å²) in [5, 5.41) is 9.23. The number of carbonyl (C=O) groups excluding carboxylic acids is 1. The van der Waals surface area contributed by atoms with Crippen LogP contribution in [0.25, 0.3) is 11.3 Å². The highest BCUT2D eigenvalue weighted by Gasteiger charge is 2.24. The molecule has 1 aromatic carbocycles. The van der Waals surface area contributed by atoms with Gasteiger partial charge in [-0.25, -0.2) is 9.18 Å². The standard InChI is InChI=1S/C18H18FN3O3/c1-11(23)22-5-4-12(10-22)6-14-8-21-17(9-20-14)16-7-13(19)2-3-15(16)18(24)25/h2-3,7-9,12H,4-6,10H2,1H3,(H,24,25)/t12-/m0/s1. The zero-order valence-corrected chi connectivity index (χ0v) is 13.8. The maximum atomic E-state index is 13.5. The smallest absolute Gasteiger partial charge is 0.336 e. The van der Waals surface area contributed by atoms with E-state index < -0.39 is 11.8 Å². The lowest BCUT2D eigenvalue weighted by molar-refractivity contribution is -0.127. The van der Waals surface area contributed by atoms with Crippen molar-refractivity contribution in [2.45, 2.75) is 19.8 Å². The van der Waals surface area contributed by atoms with Crippen molar-refractivity contribution in [2.24, 2.45) is 5.92 Å². The molecule has 7 heteroatoms. The third-order valence-electron chi connectivity index (χ3n) is 4.42. The van der Waals surface area contributed by atoms with Crippen LogP contribution < -0.4 is 0 Å². The fourth-order valence-corrected chi connectivity index (χ4v) is 3.10. The number of carbonyl (C=O) groups is 2. The van der Waals surface area contributed by atoms with Crippen molar-refractivity contribution in [3.05, 3.63) is 47.7 Å². The molecule has 6 nitrogen and oxygen atoms in total. The minimum Gasteiger partial charge on any atom is -0.478 e. The second-order valence-electron chi connectivity index (χ2n) is 6.21. The highest BCUT2D eigenvalue weighted by Crippen LogP contribution is 2.24. The van der Waals surface area contributed by atoms with Gasteiger partial charge in [-0.3, -0.25) is 14.8 Å². The van der Waals surface area contributed by atoms with E-state index in [4.69, 9.17) is 0 Å². The number of hydrogen-bond acceptors (Lipinski definition) is 4. The molecule has 130 valence electrons. The predicted octanol–water partition coefficient (Wildman–Crippen LogP) is 2.39. The molecule has 0 bridgehead atoms. The Bertz CT molecular complexity index is 808. The summed E-state index contributed by atoms with van der Waals surface area (Å²) in [5.41, 5.74) is 1.27. The Balaban J connectivity index is 1.76. The number of carboxylic acid groups (broad SMARTS) is 1. The quantitative estimate of drug-likeness (QED) is 0.921. The van der Waals surface area contributed by atoms with Gasteiger partial charge in [-0.05, 0) is 37.0 Å². The average Bonchev–Trinajstić information content (AvgIpc) is 3.04. The van der Waals surface area contributed by atoms with Gasteiger partial charge in [-0.15, -0.1) is 0 Å². The van der Waals surface area contributed by atoms with Crippen molar-refractivity contribution in [1.29, 1.82) is 0 Å². The Kier molecular flexibility index (Phi) is 4.74. The topological polar surface area (TPSA) is 83.4 Å². The second kappa shape index (κ2) is 6.96. The largest absolute Gasteiger partial charge is 0.478 e. The van der Waals surface area contributed by atoms with Crippen molar-refractivity contribution in [2.75, 3.05) is 13.1 Å². The van der Waals surface area contributed by atoms with Crippen molar-refractivity contribution >= 4 is 11.9 Å². The van der Waals surface area contributed by atoms with Gasteiger partial charge in [0.15, 0.2) is 0 Å². The highest BCUT2D eigenvalue weighted by atomic mass is 19.1. The van der Waals surface area contributed by atoms with E-state index in [1.807, 2.05) is 4.90 Å². The van der Waals surface area contributed by atoms with E-state index in [0.29, 0.717) is 24.6 Å². The molecule has 0 saturated carbocycles. The third kappa shape index (κ3) is 3.81. The Morgan fingerprint density at radius 2 is 2.12 bits per heavy atom. The van der Waals surface area contributed by atoms with E-state index in [1.54, 1.807) is 13.1 Å². The van der Waals surface area contributed by atoms with Gasteiger partial charge >= 0.3 is 5.97 Å². The molecule has 0 unspecified atom stereocenters. The SMILES string of the molecule is CC(=O)N1CC[C@@H](Cc2cnc(-c3cc(F)ccc3C(=O)O)cn2)C1. The molecule has 2 heterocycles. The Hall–Kier alpha value is -2.83. The van der Waals surface area contributed by atoms with Crippen LogP contribution in [0.5, 0.6) is 0 Å². The third-order valence-corrected chi connectivity index (χ3v) is 4.42. The fraction of sp³-hybridized carbons (Fsp3) is 0.333. The van der Waals surface area contributed by atoms with Gasteiger partial charge in [0.1, 0.15) is 5.82 Å². The minimum atomic E-state index is -1.14. The minimum absolute atomic E-state index is 0.0173. The van der Waals surface area contributed by atoms with Crippen LogP contribution >= 0.6 is 0 Å². The number of nitrogens with zero attached hydrogens (tertiary/aromatic N) is 3. The second-order valence-corrected chi connectivity index (χ2v) is 6.21. The maximum Gasteiger partial charge on any atom is 0.336 e. The summed E-state index contributed by atoms with van der Waals surface area (Å²) in [4.78, 5) is 33.1. The van der Waals surface area contributed by atoms with Crippen LogP contribution in [0.15, 0.2) is 30.6 Å². The number of carboxylic acids is 1. The summed E-state index contributed by atoms with van der Waals surface area (Å²) in [7, 11) is 0. The van der Waals surface area contributed by atoms with Gasteiger partial charge in [-0.1, -0.05) is 0 Å². The molecular formula is C18H18FN3O3. The fourth-order valence-electron chi connectivity index (χ4n) is 3.10. The molecule has 0 aliphatic carbocycles. The van der Waals surface area contributed by atoms with Gasteiger partial charge in [0.05, 0.1) is 23.1 Å². The molecule has 1 aromatic heterocycles. The first-order chi connectivity index (χ1) is 11.9. The van der Waals surface area contributed by atoms with E-state index in [2.05, 4.69) is 9.97 Å². The first-order valence-corrected chi connectivity index (χ1v) is 8.03. The molecule has 2 aromatic rings. The molecule has 1 amide bonds. The number of amides is 1. The maximum absolute atomic E-state index is 13.5. The molecule has 0 spiro atoms. The first-order valence-electron chi connectivity index (χ1n) is 8.03. The summed E-state index contributed by atoms with van der Waals surface area (Å²) in [5.74, 6) is -1.25. The highest BCUT2D eigenvalue weighted by molar-refractivity contribution is 5.95. The number of halogens is 1. The molecule has 1 aliphatic heterocycles. The summed E-state index contributed by atoms with van der Waals surface area (Å²) in [6.07, 6.45) is 4.68. The average molecular weight is 343 g/mol. The summed E-state index contributed by atoms with van der Waals surface area (Å²) < 4.78 is 13.5. The van der Waals surface area contributed by atoms with E-state index in [-0.39, 0.29) is 17.0 Å². The summed E-state index contributed by atoms with van der Waals surface area (Å²) >= 11 is 0. The number of aromatic nitrogens is 2. The normalized spacial score (nSPS) is 16.9. The number of likely N-dealkylation sites (tertiary alicyclic amines) is 1. The number of aromatic carboxylic acids is 1. The van der Waals surface area contributed by atoms with Gasteiger partial charge < -0.3 is 10.0 Å². The van der Waals surface area contributed by atoms with E-state index in [0.717, 1.165) is 30.8 Å². The van der Waals surface area contributed by atoms with Gasteiger partial charge in [-0.2, -0.15) is 0 Å². The zero-order valence-electron chi connectivity index (χ0n) is 13.8. The van der Waals surface area contributed by atoms with Gasteiger partial charge in [0.2, 0.25) is 5.91 Å². The van der Waals surface area contributed by atoms with Crippen LogP contribution in [0.4, 0.5) is 4.39 Å². The van der Waals surface area contributed by atoms with Crippen molar-refractivity contribution in [3.63, 3.8) is 0 Å². The van der Waals surface area contributed by atoms with Crippen molar-refractivity contribution in [3.8, 4) is 11.3 Å². The van der Waals surface area contributed by atoms with Crippen LogP contribution in [0.2, 0.25) is 0 Å². The molecular weight excluding hydrogens is 325 g/mol. The molecule has 1 aliphatic rings. The molecule has 1 N–H and O–H groups in total. The molecule has 1 atom stereocenters. The van der Waals surface area contributed by atoms with Crippen molar-refractivity contribution < 1.29 is 19.1 Å². The zero-order chi connectivity index (χ0) is 18.0. The molecule has 25 heavy (non-hydrogen) atoms. The van der Waals surface area contributed by atoms with E-state index >= 15 is 0 Å². The Morgan fingerprint density at radius 1 is 1.32 bits per heavy atom. The first kappa shape index (κ1) is 17.0. The number of rotatable bonds is 4. The lowest BCUT2D eigenvalue weighted by atomic mass is 10.0. The molecule has 1 fully saturated rings. The number of hydrogen-bond donors (Lipinski definition) is 1. The van der Waals surface area contributed by atoms with Crippen LogP contribution in [0, 0.1) is 11.7 Å². The summed E-state index contributed by atoms with van der Waals surface area (Å²) in [6.45, 7) is 3.04. The monoisotopic (exact) mass is 343 g/mol. The van der Waals surface area contributed by atoms with Crippen LogP contribution in [0.1, 0.15) is 29.4 Å². The van der Waals surface area contributed by atoms with E-state index in [1.165, 1.54) is 12.3 Å². The molecule has 0 radical (unpaired) electrons. The van der Waals surface area contributed by atoms with Crippen LogP contribution in [0.3, 0.4) is 0 Å².